The fourth-order valence-corrected chi connectivity index (χ4v) is 2.98. The molecule has 120 valence electrons. The molecule has 1 amide bonds. The van der Waals surface area contributed by atoms with Crippen molar-refractivity contribution >= 4 is 22.0 Å². The van der Waals surface area contributed by atoms with E-state index in [9.17, 15) is 9.18 Å². The van der Waals surface area contributed by atoms with E-state index in [0.29, 0.717) is 6.54 Å². The Morgan fingerprint density at radius 1 is 1.13 bits per heavy atom. The van der Waals surface area contributed by atoms with Gasteiger partial charge in [-0.3, -0.25) is 4.90 Å². The minimum Gasteiger partial charge on any atom is -0.445 e. The van der Waals surface area contributed by atoms with Crippen LogP contribution in [0.4, 0.5) is 9.18 Å². The molecule has 3 rings (SSSR count). The SMILES string of the molecule is O=C(OCc1ccccc1)N(Cc1ccccc1)C1CC1(F)Br. The molecule has 2 atom stereocenters. The van der Waals surface area contributed by atoms with E-state index in [0.717, 1.165) is 11.1 Å². The minimum atomic E-state index is -1.51. The summed E-state index contributed by atoms with van der Waals surface area (Å²) in [5, 5.41) is 0. The molecule has 0 spiro atoms. The van der Waals surface area contributed by atoms with Crippen molar-refractivity contribution in [1.29, 1.82) is 0 Å². The summed E-state index contributed by atoms with van der Waals surface area (Å²) >= 11 is 3.01. The summed E-state index contributed by atoms with van der Waals surface area (Å²) < 4.78 is 17.9. The molecule has 0 N–H and O–H groups in total. The van der Waals surface area contributed by atoms with Crippen molar-refractivity contribution in [2.45, 2.75) is 30.2 Å². The molecule has 0 radical (unpaired) electrons. The van der Waals surface area contributed by atoms with Gasteiger partial charge in [-0.15, -0.1) is 0 Å². The average molecular weight is 378 g/mol. The van der Waals surface area contributed by atoms with Crippen molar-refractivity contribution < 1.29 is 13.9 Å². The quantitative estimate of drug-likeness (QED) is 0.709. The number of ether oxygens (including phenoxy) is 1. The van der Waals surface area contributed by atoms with E-state index >= 15 is 0 Å². The van der Waals surface area contributed by atoms with E-state index < -0.39 is 16.7 Å². The van der Waals surface area contributed by atoms with Gasteiger partial charge in [0.25, 0.3) is 0 Å². The Kier molecular flexibility index (Phi) is 4.66. The second-order valence-electron chi connectivity index (χ2n) is 5.63. The van der Waals surface area contributed by atoms with Gasteiger partial charge in [-0.1, -0.05) is 60.7 Å². The summed E-state index contributed by atoms with van der Waals surface area (Å²) in [6.45, 7) is 0.510. The number of rotatable bonds is 5. The van der Waals surface area contributed by atoms with E-state index in [1.807, 2.05) is 60.7 Å². The highest BCUT2D eigenvalue weighted by Gasteiger charge is 2.58. The van der Waals surface area contributed by atoms with Crippen LogP contribution in [-0.2, 0) is 17.9 Å². The van der Waals surface area contributed by atoms with Crippen molar-refractivity contribution in [3.8, 4) is 0 Å². The normalized spacial score (nSPS) is 22.4. The summed E-state index contributed by atoms with van der Waals surface area (Å²) in [7, 11) is 0. The van der Waals surface area contributed by atoms with Crippen molar-refractivity contribution in [3.63, 3.8) is 0 Å². The lowest BCUT2D eigenvalue weighted by Crippen LogP contribution is -2.35. The van der Waals surface area contributed by atoms with Crippen LogP contribution in [0.25, 0.3) is 0 Å². The fraction of sp³-hybridized carbons (Fsp3) is 0.278. The highest BCUT2D eigenvalue weighted by atomic mass is 79.9. The van der Waals surface area contributed by atoms with Gasteiger partial charge in [0, 0.05) is 13.0 Å². The van der Waals surface area contributed by atoms with E-state index in [1.165, 1.54) is 4.90 Å². The summed E-state index contributed by atoms with van der Waals surface area (Å²) in [5.74, 6) is 0. The van der Waals surface area contributed by atoms with Gasteiger partial charge < -0.3 is 4.74 Å². The molecule has 0 bridgehead atoms. The maximum atomic E-state index is 14.0. The lowest BCUT2D eigenvalue weighted by Gasteiger charge is -2.22. The van der Waals surface area contributed by atoms with E-state index in [4.69, 9.17) is 4.74 Å². The van der Waals surface area contributed by atoms with Crippen LogP contribution in [0.1, 0.15) is 17.5 Å². The number of carbonyl (C=O) groups excluding carboxylic acids is 1. The Bertz CT molecular complexity index is 663. The van der Waals surface area contributed by atoms with Crippen LogP contribution < -0.4 is 0 Å². The lowest BCUT2D eigenvalue weighted by molar-refractivity contribution is 0.0868. The third-order valence-corrected chi connectivity index (χ3v) is 4.66. The van der Waals surface area contributed by atoms with Crippen molar-refractivity contribution in [2.24, 2.45) is 0 Å². The second-order valence-corrected chi connectivity index (χ2v) is 6.95. The molecule has 2 aromatic rings. The third-order valence-electron chi connectivity index (χ3n) is 3.80. The molecule has 0 saturated heterocycles. The van der Waals surface area contributed by atoms with Gasteiger partial charge >= 0.3 is 6.09 Å². The first kappa shape index (κ1) is 16.0. The van der Waals surface area contributed by atoms with Crippen LogP contribution in [-0.4, -0.2) is 21.6 Å². The standard InChI is InChI=1S/C18H17BrFNO2/c19-18(20)11-16(18)21(12-14-7-3-1-4-8-14)17(22)23-13-15-9-5-2-6-10-15/h1-10,16H,11-13H2. The predicted molar refractivity (Wildman–Crippen MR) is 89.8 cm³/mol. The number of alkyl halides is 2. The number of amides is 1. The maximum absolute atomic E-state index is 14.0. The molecule has 1 saturated carbocycles. The predicted octanol–water partition coefficient (Wildman–Crippen LogP) is 4.66. The van der Waals surface area contributed by atoms with Gasteiger partial charge in [-0.05, 0) is 27.1 Å². The zero-order valence-electron chi connectivity index (χ0n) is 12.5. The third kappa shape index (κ3) is 4.10. The molecule has 3 nitrogen and oxygen atoms in total. The molecular weight excluding hydrogens is 361 g/mol. The Balaban J connectivity index is 1.67. The summed E-state index contributed by atoms with van der Waals surface area (Å²) in [5.41, 5.74) is 1.85. The second kappa shape index (κ2) is 6.71. The number of carbonyl (C=O) groups is 1. The number of nitrogens with zero attached hydrogens (tertiary/aromatic N) is 1. The van der Waals surface area contributed by atoms with Gasteiger partial charge in [-0.25, -0.2) is 9.18 Å². The molecule has 2 unspecified atom stereocenters. The lowest BCUT2D eigenvalue weighted by atomic mass is 10.2. The summed E-state index contributed by atoms with van der Waals surface area (Å²) in [6, 6.07) is 18.5. The molecule has 1 aliphatic carbocycles. The van der Waals surface area contributed by atoms with Crippen LogP contribution >= 0.6 is 15.9 Å². The van der Waals surface area contributed by atoms with Gasteiger partial charge in [0.2, 0.25) is 0 Å². The molecule has 2 aromatic carbocycles. The highest BCUT2D eigenvalue weighted by molar-refractivity contribution is 9.10. The Morgan fingerprint density at radius 3 is 2.17 bits per heavy atom. The molecule has 1 aliphatic rings. The van der Waals surface area contributed by atoms with Gasteiger partial charge in [0.05, 0.1) is 6.04 Å². The first-order valence-corrected chi connectivity index (χ1v) is 8.24. The molecule has 5 heteroatoms. The number of hydrogen-bond donors (Lipinski definition) is 0. The molecule has 0 aromatic heterocycles. The molecule has 0 aliphatic heterocycles. The van der Waals surface area contributed by atoms with Crippen molar-refractivity contribution in [3.05, 3.63) is 71.8 Å². The minimum absolute atomic E-state index is 0.180. The largest absolute Gasteiger partial charge is 0.445 e. The zero-order valence-corrected chi connectivity index (χ0v) is 14.1. The number of benzene rings is 2. The van der Waals surface area contributed by atoms with Crippen molar-refractivity contribution in [2.75, 3.05) is 0 Å². The van der Waals surface area contributed by atoms with Crippen LogP contribution in [0.3, 0.4) is 0 Å². The van der Waals surface area contributed by atoms with Crippen LogP contribution in [0.2, 0.25) is 0 Å². The summed E-state index contributed by atoms with van der Waals surface area (Å²) in [4.78, 5) is 13.9. The van der Waals surface area contributed by atoms with Crippen LogP contribution in [0.5, 0.6) is 0 Å². The van der Waals surface area contributed by atoms with Gasteiger partial charge in [-0.2, -0.15) is 0 Å². The first-order valence-electron chi connectivity index (χ1n) is 7.45. The fourth-order valence-electron chi connectivity index (χ4n) is 2.42. The average Bonchev–Trinajstić information content (AvgIpc) is 3.20. The molecule has 1 fully saturated rings. The Morgan fingerprint density at radius 2 is 1.65 bits per heavy atom. The van der Waals surface area contributed by atoms with Gasteiger partial charge in [0.1, 0.15) is 6.61 Å². The van der Waals surface area contributed by atoms with Crippen LogP contribution in [0.15, 0.2) is 60.7 Å². The van der Waals surface area contributed by atoms with E-state index in [2.05, 4.69) is 15.9 Å². The maximum Gasteiger partial charge on any atom is 0.410 e. The molecule has 23 heavy (non-hydrogen) atoms. The first-order chi connectivity index (χ1) is 11.1. The Labute approximate surface area is 143 Å². The zero-order chi connectivity index (χ0) is 16.3. The van der Waals surface area contributed by atoms with Crippen LogP contribution in [0, 0.1) is 0 Å². The smallest absolute Gasteiger partial charge is 0.410 e. The number of hydrogen-bond acceptors (Lipinski definition) is 2. The summed E-state index contributed by atoms with van der Waals surface area (Å²) in [6.07, 6.45) is -0.220. The topological polar surface area (TPSA) is 29.5 Å². The number of halogens is 2. The van der Waals surface area contributed by atoms with Gasteiger partial charge in [0.15, 0.2) is 4.58 Å². The van der Waals surface area contributed by atoms with E-state index in [-0.39, 0.29) is 13.0 Å². The van der Waals surface area contributed by atoms with E-state index in [1.54, 1.807) is 0 Å². The Hall–Kier alpha value is -1.88. The molecule has 0 heterocycles. The monoisotopic (exact) mass is 377 g/mol. The molecular formula is C18H17BrFNO2. The van der Waals surface area contributed by atoms with Crippen molar-refractivity contribution in [1.82, 2.24) is 4.90 Å². The highest BCUT2D eigenvalue weighted by Crippen LogP contribution is 2.50.